The van der Waals surface area contributed by atoms with Crippen LogP contribution in [0.1, 0.15) is 0 Å². The minimum absolute atomic E-state index is 0. The van der Waals surface area contributed by atoms with E-state index in [1.807, 2.05) is 0 Å². The Kier molecular flexibility index (Phi) is 41.7. The van der Waals surface area contributed by atoms with Crippen molar-refractivity contribution in [1.29, 1.82) is 0 Å². The number of aliphatic hydroxyl groups is 2. The number of rotatable bonds is 25. The van der Waals surface area contributed by atoms with Crippen LogP contribution in [0.4, 0.5) is 0 Å². The smallest absolute Gasteiger partial charge is 0.394 e. The van der Waals surface area contributed by atoms with Crippen LogP contribution in [-0.4, -0.2) is 138 Å². The number of aliphatic hydroxyl groups excluding tert-OH is 2. The summed E-state index contributed by atoms with van der Waals surface area (Å²) in [6.45, 7) is 7.79. The van der Waals surface area contributed by atoms with Crippen LogP contribution in [0.3, 0.4) is 0 Å². The maximum atomic E-state index is 8.52. The Morgan fingerprint density at radius 2 is 0.433 bits per heavy atom. The zero-order valence-corrected chi connectivity index (χ0v) is 21.0. The molecule has 0 heterocycles. The maximum absolute atomic E-state index is 8.52. The zero-order chi connectivity index (χ0) is 20.4. The van der Waals surface area contributed by atoms with Gasteiger partial charge >= 0.3 is 51.4 Å². The summed E-state index contributed by atoms with van der Waals surface area (Å²) in [4.78, 5) is 0. The van der Waals surface area contributed by atoms with Gasteiger partial charge in [-0.05, 0) is 0 Å². The van der Waals surface area contributed by atoms with E-state index in [1.54, 1.807) is 0 Å². The van der Waals surface area contributed by atoms with Crippen molar-refractivity contribution in [2.45, 2.75) is 0 Å². The molecule has 2 N–H and O–H groups in total. The van der Waals surface area contributed by atoms with E-state index in [4.69, 9.17) is 48.1 Å². The van der Waals surface area contributed by atoms with E-state index in [2.05, 4.69) is 0 Å². The average Bonchev–Trinajstić information content (AvgIpc) is 2.71. The fraction of sp³-hybridized carbons (Fsp3) is 1.00. The third-order valence-corrected chi connectivity index (χ3v) is 3.08. The van der Waals surface area contributed by atoms with Crippen molar-refractivity contribution in [2.24, 2.45) is 0 Å². The Morgan fingerprint density at radius 3 is 0.567 bits per heavy atom. The van der Waals surface area contributed by atoms with E-state index in [1.165, 1.54) is 0 Å². The molecular weight excluding hydrogens is 426 g/mol. The van der Waals surface area contributed by atoms with Crippen molar-refractivity contribution in [1.82, 2.24) is 0 Å². The van der Waals surface area contributed by atoms with E-state index < -0.39 is 0 Å². The minimum Gasteiger partial charge on any atom is -0.394 e. The predicted octanol–water partition coefficient (Wildman–Crippen LogP) is -5.34. The van der Waals surface area contributed by atoms with Crippen molar-refractivity contribution < 1.29 is 99.5 Å². The molecule has 0 bridgehead atoms. The van der Waals surface area contributed by atoms with Crippen molar-refractivity contribution in [3.63, 3.8) is 0 Å². The van der Waals surface area contributed by atoms with E-state index >= 15 is 0 Å². The van der Waals surface area contributed by atoms with Gasteiger partial charge in [0.05, 0.1) is 119 Å². The molecule has 0 amide bonds. The third kappa shape index (κ3) is 33.9. The molecule has 0 radical (unpaired) electrons. The number of hydrogen-bond donors (Lipinski definition) is 2. The molecule has 0 spiro atoms. The van der Waals surface area contributed by atoms with Crippen LogP contribution in [-0.2, 0) is 37.9 Å². The van der Waals surface area contributed by atoms with Crippen LogP contribution in [0.25, 0.3) is 0 Å². The quantitative estimate of drug-likeness (QED) is 0.0995. The van der Waals surface area contributed by atoms with Gasteiger partial charge in [0.15, 0.2) is 0 Å². The summed E-state index contributed by atoms with van der Waals surface area (Å²) >= 11 is 0. The second-order valence-electron chi connectivity index (χ2n) is 5.35. The molecule has 30 heavy (non-hydrogen) atoms. The van der Waals surface area contributed by atoms with Gasteiger partial charge < -0.3 is 48.1 Å². The SMILES string of the molecule is OCCOCCOCCOCCOCCOCCOCCOCCOCCO.[BH4-].[K+]. The Morgan fingerprint density at radius 1 is 0.300 bits per heavy atom. The largest absolute Gasteiger partial charge is 1.00 e. The molecule has 0 aliphatic rings. The monoisotopic (exact) mass is 468 g/mol. The van der Waals surface area contributed by atoms with Gasteiger partial charge in [0.25, 0.3) is 0 Å². The minimum atomic E-state index is 0. The summed E-state index contributed by atoms with van der Waals surface area (Å²) in [6.07, 6.45) is 0. The maximum Gasteiger partial charge on any atom is 1.00 e. The van der Waals surface area contributed by atoms with Gasteiger partial charge in [-0.1, -0.05) is 8.41 Å². The van der Waals surface area contributed by atoms with E-state index in [-0.39, 0.29) is 73.0 Å². The predicted molar refractivity (Wildman–Crippen MR) is 112 cm³/mol. The summed E-state index contributed by atoms with van der Waals surface area (Å²) in [5.41, 5.74) is 0. The van der Waals surface area contributed by atoms with Gasteiger partial charge in [-0.2, -0.15) is 0 Å². The van der Waals surface area contributed by atoms with Crippen LogP contribution in [0.2, 0.25) is 0 Å². The first-order valence-electron chi connectivity index (χ1n) is 9.75. The van der Waals surface area contributed by atoms with Gasteiger partial charge in [-0.25, -0.2) is 0 Å². The van der Waals surface area contributed by atoms with Crippen LogP contribution in [0.15, 0.2) is 0 Å². The second-order valence-corrected chi connectivity index (χ2v) is 5.35. The first-order valence-corrected chi connectivity index (χ1v) is 9.75. The molecule has 0 atom stereocenters. The van der Waals surface area contributed by atoms with Crippen LogP contribution in [0, 0.1) is 0 Å². The summed E-state index contributed by atoms with van der Waals surface area (Å²) < 4.78 is 42.2. The van der Waals surface area contributed by atoms with Crippen molar-refractivity contribution in [3.8, 4) is 0 Å². The van der Waals surface area contributed by atoms with Crippen LogP contribution >= 0.6 is 0 Å². The van der Waals surface area contributed by atoms with Crippen molar-refractivity contribution in [3.05, 3.63) is 0 Å². The fourth-order valence-corrected chi connectivity index (χ4v) is 1.77. The first kappa shape index (κ1) is 35.9. The summed E-state index contributed by atoms with van der Waals surface area (Å²) in [5.74, 6) is 0. The molecule has 178 valence electrons. The Hall–Kier alpha value is 1.30. The first-order chi connectivity index (χ1) is 13.9. The standard InChI is InChI=1S/C18H38O10.BH4.K/c19-1-3-21-5-7-23-9-11-25-13-15-27-17-18-28-16-14-26-12-10-24-8-6-22-4-2-20;;/h19-20H,1-18H2;1H4;/q;-1;+1. The molecule has 12 heteroatoms. The van der Waals surface area contributed by atoms with E-state index in [0.717, 1.165) is 0 Å². The van der Waals surface area contributed by atoms with Crippen LogP contribution < -0.4 is 51.4 Å². The van der Waals surface area contributed by atoms with Crippen molar-refractivity contribution >= 4 is 8.41 Å². The molecule has 0 unspecified atom stereocenters. The molecule has 0 aromatic rings. The molecule has 0 aromatic carbocycles. The zero-order valence-electron chi connectivity index (χ0n) is 17.9. The van der Waals surface area contributed by atoms with Gasteiger partial charge in [-0.3, -0.25) is 0 Å². The molecule has 0 saturated heterocycles. The average molecular weight is 468 g/mol. The molecular formula is C18H42BKO10. The fourth-order valence-electron chi connectivity index (χ4n) is 1.77. The Bertz CT molecular complexity index is 257. The molecule has 0 fully saturated rings. The molecule has 0 aromatic heterocycles. The Balaban J connectivity index is -0.00000364. The molecule has 0 rings (SSSR count). The summed E-state index contributed by atoms with van der Waals surface area (Å²) in [7, 11) is 0. The molecule has 0 aliphatic heterocycles. The summed E-state index contributed by atoms with van der Waals surface area (Å²) in [5, 5.41) is 17.0. The second kappa shape index (κ2) is 34.9. The van der Waals surface area contributed by atoms with Gasteiger partial charge in [0, 0.05) is 0 Å². The van der Waals surface area contributed by atoms with Gasteiger partial charge in [0.2, 0.25) is 0 Å². The number of hydrogen-bond acceptors (Lipinski definition) is 10. The van der Waals surface area contributed by atoms with E-state index in [9.17, 15) is 0 Å². The molecule has 10 nitrogen and oxygen atoms in total. The topological polar surface area (TPSA) is 114 Å². The van der Waals surface area contributed by atoms with Gasteiger partial charge in [0.1, 0.15) is 0 Å². The normalized spacial score (nSPS) is 10.6. The molecule has 0 aliphatic carbocycles. The Labute approximate surface area is 225 Å². The number of ether oxygens (including phenoxy) is 8. The van der Waals surface area contributed by atoms with E-state index in [0.29, 0.717) is 106 Å². The molecule has 0 saturated carbocycles. The van der Waals surface area contributed by atoms with Crippen molar-refractivity contribution in [2.75, 3.05) is 119 Å². The summed E-state index contributed by atoms with van der Waals surface area (Å²) in [6, 6.07) is 0. The third-order valence-electron chi connectivity index (χ3n) is 3.08. The van der Waals surface area contributed by atoms with Gasteiger partial charge in [-0.15, -0.1) is 0 Å². The van der Waals surface area contributed by atoms with Crippen LogP contribution in [0.5, 0.6) is 0 Å².